The molecule has 0 aliphatic heterocycles. The number of furan rings is 1. The molecule has 0 fully saturated rings. The van der Waals surface area contributed by atoms with Crippen molar-refractivity contribution in [1.29, 1.82) is 0 Å². The maximum Gasteiger partial charge on any atom is 0.135 e. The zero-order chi connectivity index (χ0) is 65.1. The lowest BCUT2D eigenvalue weighted by atomic mass is 9.83. The quantitative estimate of drug-likeness (QED) is 0.104. The Hall–Kier alpha value is -12.9. The van der Waals surface area contributed by atoms with Gasteiger partial charge in [0.25, 0.3) is 0 Å². The summed E-state index contributed by atoms with van der Waals surface area (Å²) in [5.41, 5.74) is 23.2. The monoisotopic (exact) mass is 1250 g/mol. The van der Waals surface area contributed by atoms with Crippen LogP contribution in [-0.2, 0) is 0 Å². The van der Waals surface area contributed by atoms with Crippen LogP contribution in [0.25, 0.3) is 208 Å². The third-order valence-electron chi connectivity index (χ3n) is 21.0. The molecule has 0 unspecified atom stereocenters. The zero-order valence-corrected chi connectivity index (χ0v) is 54.0. The molecule has 0 N–H and O–H groups in total. The third-order valence-corrected chi connectivity index (χ3v) is 21.0. The molecule has 0 aliphatic carbocycles. The van der Waals surface area contributed by atoms with Crippen molar-refractivity contribution in [3.8, 4) is 100 Å². The van der Waals surface area contributed by atoms with Crippen LogP contribution in [0.1, 0.15) is 0 Å². The second kappa shape index (κ2) is 22.9. The van der Waals surface area contributed by atoms with Gasteiger partial charge in [-0.05, 0) is 241 Å². The topological polar surface area (TPSA) is 13.1 Å². The van der Waals surface area contributed by atoms with E-state index in [0.717, 1.165) is 55.3 Å². The van der Waals surface area contributed by atoms with Gasteiger partial charge in [0.1, 0.15) is 11.2 Å². The molecule has 0 aliphatic rings. The Bertz CT molecular complexity index is 6680. The molecule has 0 saturated heterocycles. The standard InChI is InChI=1S/C98H60O/c1-2-18-61(19-3-1)71-46-50-85-90(57-71)97(76-45-38-62-20-4-5-22-68(62)55-76)91-58-73(47-51-86(91)95(85)66-43-39-65(40-44-66)88-60-75-23-7-9-28-78(75)79-29-10-11-30-80(79)88)69-25-16-26-70(54-69)74-48-52-87-92(59-74)96(83-32-12-13-33-84(83)98(87)82-34-17-24-64-21-6-8-27-77(64)82)67-41-36-63(37-42-67)72-49-53-94-89(56-72)81-31-14-15-35-93(81)99-94/h1-60H. The van der Waals surface area contributed by atoms with Gasteiger partial charge < -0.3 is 4.42 Å². The molecular weight excluding hydrogens is 1190 g/mol. The van der Waals surface area contributed by atoms with E-state index in [-0.39, 0.29) is 0 Å². The second-order valence-electron chi connectivity index (χ2n) is 26.5. The summed E-state index contributed by atoms with van der Waals surface area (Å²) < 4.78 is 6.26. The van der Waals surface area contributed by atoms with E-state index in [9.17, 15) is 0 Å². The van der Waals surface area contributed by atoms with Crippen LogP contribution in [0.4, 0.5) is 0 Å². The summed E-state index contributed by atoms with van der Waals surface area (Å²) in [5.74, 6) is 0. The maximum absolute atomic E-state index is 6.26. The van der Waals surface area contributed by atoms with E-state index < -0.39 is 0 Å². The molecule has 99 heavy (non-hydrogen) atoms. The number of para-hydroxylation sites is 1. The van der Waals surface area contributed by atoms with Crippen molar-refractivity contribution in [3.05, 3.63) is 364 Å². The van der Waals surface area contributed by atoms with Gasteiger partial charge in [-0.15, -0.1) is 0 Å². The molecule has 0 amide bonds. The first-order chi connectivity index (χ1) is 49.1. The number of fused-ring (bicyclic) bond motifs is 12. The van der Waals surface area contributed by atoms with Crippen LogP contribution in [-0.4, -0.2) is 0 Å². The van der Waals surface area contributed by atoms with E-state index in [2.05, 4.69) is 352 Å². The SMILES string of the molecule is c1ccc(-c2ccc3c(-c4ccc(-c5cc6ccccc6c6ccccc56)cc4)c4ccc(-c5cccc(-c6ccc7c(-c8cccc9ccccc89)c8ccccc8c(-c8ccc(-c9ccc%10oc%11ccccc%11c%10c9)cc8)c7c6)c5)cc4c(-c4ccc5ccccc5c4)c3c2)cc1. The van der Waals surface area contributed by atoms with Crippen molar-refractivity contribution < 1.29 is 4.42 Å². The lowest BCUT2D eigenvalue weighted by Gasteiger charge is -2.20. The molecule has 458 valence electrons. The molecule has 1 heterocycles. The molecule has 0 saturated carbocycles. The number of rotatable bonds is 9. The minimum atomic E-state index is 0.899. The van der Waals surface area contributed by atoms with E-state index in [1.54, 1.807) is 0 Å². The number of hydrogen-bond donors (Lipinski definition) is 0. The van der Waals surface area contributed by atoms with Crippen molar-refractivity contribution >= 4 is 108 Å². The fourth-order valence-electron chi connectivity index (χ4n) is 16.3. The third kappa shape index (κ3) is 9.38. The van der Waals surface area contributed by atoms with Gasteiger partial charge >= 0.3 is 0 Å². The lowest BCUT2D eigenvalue weighted by Crippen LogP contribution is -1.93. The van der Waals surface area contributed by atoms with E-state index in [1.165, 1.54) is 153 Å². The summed E-state index contributed by atoms with van der Waals surface area (Å²) in [6, 6.07) is 135. The van der Waals surface area contributed by atoms with Gasteiger partial charge in [0.15, 0.2) is 0 Å². The Kier molecular flexibility index (Phi) is 13.0. The van der Waals surface area contributed by atoms with Crippen molar-refractivity contribution in [3.63, 3.8) is 0 Å². The van der Waals surface area contributed by atoms with Gasteiger partial charge in [-0.3, -0.25) is 0 Å². The highest BCUT2D eigenvalue weighted by Crippen LogP contribution is 2.50. The molecule has 19 aromatic carbocycles. The van der Waals surface area contributed by atoms with Crippen LogP contribution >= 0.6 is 0 Å². The number of benzene rings is 19. The molecular formula is C98H60O. The summed E-state index contributed by atoms with van der Waals surface area (Å²) in [4.78, 5) is 0. The van der Waals surface area contributed by atoms with E-state index in [0.29, 0.717) is 0 Å². The molecule has 0 radical (unpaired) electrons. The van der Waals surface area contributed by atoms with Gasteiger partial charge in [0, 0.05) is 10.8 Å². The average molecular weight is 1250 g/mol. The molecule has 0 bridgehead atoms. The largest absolute Gasteiger partial charge is 0.456 e. The molecule has 1 aromatic heterocycles. The second-order valence-corrected chi connectivity index (χ2v) is 26.5. The fraction of sp³-hybridized carbons (Fsp3) is 0. The van der Waals surface area contributed by atoms with Crippen molar-refractivity contribution in [1.82, 2.24) is 0 Å². The summed E-state index contributed by atoms with van der Waals surface area (Å²) in [7, 11) is 0. The predicted octanol–water partition coefficient (Wildman–Crippen LogP) is 27.8. The molecule has 1 heteroatoms. The van der Waals surface area contributed by atoms with Gasteiger partial charge in [-0.2, -0.15) is 0 Å². The Morgan fingerprint density at radius 3 is 1.21 bits per heavy atom. The van der Waals surface area contributed by atoms with Crippen molar-refractivity contribution in [2.45, 2.75) is 0 Å². The van der Waals surface area contributed by atoms with Crippen LogP contribution in [0.2, 0.25) is 0 Å². The first-order valence-corrected chi connectivity index (χ1v) is 34.3. The average Bonchev–Trinajstić information content (AvgIpc) is 1.25. The Balaban J connectivity index is 0.775. The highest BCUT2D eigenvalue weighted by Gasteiger charge is 2.23. The van der Waals surface area contributed by atoms with E-state index >= 15 is 0 Å². The zero-order valence-electron chi connectivity index (χ0n) is 54.0. The normalized spacial score (nSPS) is 11.8. The lowest BCUT2D eigenvalue weighted by molar-refractivity contribution is 0.669. The predicted molar refractivity (Wildman–Crippen MR) is 423 cm³/mol. The molecule has 0 spiro atoms. The fourth-order valence-corrected chi connectivity index (χ4v) is 16.3. The first kappa shape index (κ1) is 56.4. The Morgan fingerprint density at radius 2 is 0.525 bits per heavy atom. The smallest absolute Gasteiger partial charge is 0.135 e. The van der Waals surface area contributed by atoms with Crippen LogP contribution in [0.15, 0.2) is 368 Å². The molecule has 20 rings (SSSR count). The van der Waals surface area contributed by atoms with Crippen LogP contribution in [0.3, 0.4) is 0 Å². The van der Waals surface area contributed by atoms with Gasteiger partial charge in [-0.1, -0.05) is 309 Å². The first-order valence-electron chi connectivity index (χ1n) is 34.3. The minimum Gasteiger partial charge on any atom is -0.456 e. The van der Waals surface area contributed by atoms with Crippen molar-refractivity contribution in [2.24, 2.45) is 0 Å². The van der Waals surface area contributed by atoms with Gasteiger partial charge in [0.05, 0.1) is 0 Å². The van der Waals surface area contributed by atoms with E-state index in [4.69, 9.17) is 4.42 Å². The molecule has 20 aromatic rings. The van der Waals surface area contributed by atoms with Crippen molar-refractivity contribution in [2.75, 3.05) is 0 Å². The van der Waals surface area contributed by atoms with Gasteiger partial charge in [0.2, 0.25) is 0 Å². The summed E-state index contributed by atoms with van der Waals surface area (Å²) >= 11 is 0. The minimum absolute atomic E-state index is 0.899. The molecule has 0 atom stereocenters. The van der Waals surface area contributed by atoms with Crippen LogP contribution in [0, 0.1) is 0 Å². The maximum atomic E-state index is 6.26. The van der Waals surface area contributed by atoms with Gasteiger partial charge in [-0.25, -0.2) is 0 Å². The highest BCUT2D eigenvalue weighted by atomic mass is 16.3. The Morgan fingerprint density at radius 1 is 0.131 bits per heavy atom. The molecule has 1 nitrogen and oxygen atoms in total. The summed E-state index contributed by atoms with van der Waals surface area (Å²) in [5, 5.41) is 21.9. The summed E-state index contributed by atoms with van der Waals surface area (Å²) in [6.07, 6.45) is 0. The number of hydrogen-bond acceptors (Lipinski definition) is 1. The Labute approximate surface area is 573 Å². The summed E-state index contributed by atoms with van der Waals surface area (Å²) in [6.45, 7) is 0. The van der Waals surface area contributed by atoms with Crippen LogP contribution in [0.5, 0.6) is 0 Å². The van der Waals surface area contributed by atoms with E-state index in [1.807, 2.05) is 12.1 Å². The highest BCUT2D eigenvalue weighted by molar-refractivity contribution is 6.26. The van der Waals surface area contributed by atoms with Crippen LogP contribution < -0.4 is 0 Å².